The van der Waals surface area contributed by atoms with Crippen molar-refractivity contribution in [3.05, 3.63) is 59.7 Å². The van der Waals surface area contributed by atoms with Crippen molar-refractivity contribution < 1.29 is 38.3 Å². The number of anilines is 2. The SMILES string of the molecule is CC(=O)Nc1ccccc1CC(=O)NC1N2C(=O)C[C@H]2SCC1(Br)OC(=O)C1(Br)CS[C@@H]2CC(=O)N2C1NC(=O)Cc1ccccc1NC(C)=O. The Balaban J connectivity index is 1.22. The van der Waals surface area contributed by atoms with Crippen molar-refractivity contribution in [1.82, 2.24) is 20.4 Å². The van der Waals surface area contributed by atoms with Crippen molar-refractivity contribution in [2.24, 2.45) is 0 Å². The summed E-state index contributed by atoms with van der Waals surface area (Å²) in [5.41, 5.74) is 2.01. The molecule has 6 atom stereocenters. The summed E-state index contributed by atoms with van der Waals surface area (Å²) in [6.45, 7) is 2.72. The average Bonchev–Trinajstić information content (AvgIpc) is 3.04. The minimum Gasteiger partial charge on any atom is -0.441 e. The Morgan fingerprint density at radius 2 is 1.20 bits per heavy atom. The van der Waals surface area contributed by atoms with Gasteiger partial charge in [0.15, 0.2) is 10.5 Å². The minimum atomic E-state index is -1.62. The van der Waals surface area contributed by atoms with Gasteiger partial charge in [-0.2, -0.15) is 0 Å². The van der Waals surface area contributed by atoms with Gasteiger partial charge in [-0.1, -0.05) is 52.3 Å². The summed E-state index contributed by atoms with van der Waals surface area (Å²) in [5, 5.41) is 10.6. The number of carbonyl (C=O) groups excluding carboxylic acids is 7. The number of alkyl halides is 2. The summed E-state index contributed by atoms with van der Waals surface area (Å²) >= 11 is 9.90. The monoisotopic (exact) mass is 864 g/mol. The summed E-state index contributed by atoms with van der Waals surface area (Å²) in [5.74, 6) is -2.61. The van der Waals surface area contributed by atoms with E-state index in [0.717, 1.165) is 0 Å². The molecule has 4 aliphatic rings. The molecule has 0 spiro atoms. The lowest BCUT2D eigenvalue weighted by molar-refractivity contribution is -0.172. The Hall–Kier alpha value is -3.61. The second kappa shape index (κ2) is 14.8. The maximum absolute atomic E-state index is 14.3. The van der Waals surface area contributed by atoms with E-state index in [1.165, 1.54) is 47.2 Å². The van der Waals surface area contributed by atoms with Gasteiger partial charge in [0, 0.05) is 36.7 Å². The van der Waals surface area contributed by atoms with Gasteiger partial charge in [-0.15, -0.1) is 23.5 Å². The Morgan fingerprint density at radius 3 is 1.69 bits per heavy atom. The second-order valence-corrected chi connectivity index (χ2v) is 17.6. The number of ether oxygens (including phenoxy) is 1. The number of esters is 1. The molecule has 4 saturated heterocycles. The van der Waals surface area contributed by atoms with Gasteiger partial charge in [0.1, 0.15) is 6.17 Å². The number of hydrogen-bond donors (Lipinski definition) is 4. The first-order chi connectivity index (χ1) is 24.2. The molecule has 6 amide bonds. The first-order valence-corrected chi connectivity index (χ1v) is 19.6. The highest BCUT2D eigenvalue weighted by Crippen LogP contribution is 2.49. The molecule has 18 heteroatoms. The summed E-state index contributed by atoms with van der Waals surface area (Å²) in [7, 11) is 0. The largest absolute Gasteiger partial charge is 0.441 e. The number of halogens is 2. The van der Waals surface area contributed by atoms with E-state index in [1.54, 1.807) is 48.5 Å². The summed E-state index contributed by atoms with van der Waals surface area (Å²) in [6, 6.07) is 13.7. The number of thioether (sulfide) groups is 2. The van der Waals surface area contributed by atoms with Crippen LogP contribution < -0.4 is 21.3 Å². The van der Waals surface area contributed by atoms with E-state index in [4.69, 9.17) is 4.74 Å². The van der Waals surface area contributed by atoms with Crippen LogP contribution in [0.5, 0.6) is 0 Å². The number of rotatable bonds is 10. The molecule has 4 fully saturated rings. The number of amides is 6. The molecular weight excluding hydrogens is 832 g/mol. The first kappa shape index (κ1) is 37.2. The zero-order valence-corrected chi connectivity index (χ0v) is 32.2. The molecule has 0 aromatic heterocycles. The Morgan fingerprint density at radius 1 is 0.745 bits per heavy atom. The van der Waals surface area contributed by atoms with Gasteiger partial charge in [0.25, 0.3) is 0 Å². The van der Waals surface area contributed by atoms with Gasteiger partial charge in [0.05, 0.1) is 36.4 Å². The van der Waals surface area contributed by atoms with Crippen LogP contribution in [0.4, 0.5) is 11.4 Å². The van der Waals surface area contributed by atoms with Gasteiger partial charge in [-0.25, -0.2) is 0 Å². The van der Waals surface area contributed by atoms with Crippen LogP contribution >= 0.6 is 55.4 Å². The molecule has 51 heavy (non-hydrogen) atoms. The van der Waals surface area contributed by atoms with Crippen LogP contribution in [-0.2, 0) is 51.1 Å². The average molecular weight is 867 g/mol. The van der Waals surface area contributed by atoms with Crippen molar-refractivity contribution in [3.8, 4) is 0 Å². The second-order valence-electron chi connectivity index (χ2n) is 12.6. The maximum atomic E-state index is 14.3. The van der Waals surface area contributed by atoms with E-state index < -0.39 is 38.9 Å². The predicted octanol–water partition coefficient (Wildman–Crippen LogP) is 2.65. The number of nitrogens with zero attached hydrogens (tertiary/aromatic N) is 2. The molecule has 4 N–H and O–H groups in total. The fraction of sp³-hybridized carbons (Fsp3) is 0.424. The van der Waals surface area contributed by atoms with Crippen LogP contribution in [0.15, 0.2) is 48.5 Å². The van der Waals surface area contributed by atoms with Gasteiger partial charge in [-0.05, 0) is 39.2 Å². The van der Waals surface area contributed by atoms with Crippen LogP contribution in [-0.4, -0.2) is 94.6 Å². The van der Waals surface area contributed by atoms with Gasteiger partial charge in [-0.3, -0.25) is 33.6 Å². The molecule has 4 heterocycles. The summed E-state index contributed by atoms with van der Waals surface area (Å²) < 4.78 is 2.98. The number of nitrogens with one attached hydrogen (secondary N) is 4. The third-order valence-corrected chi connectivity index (χ3v) is 14.2. The van der Waals surface area contributed by atoms with E-state index in [0.29, 0.717) is 22.5 Å². The normalized spacial score (nSPS) is 27.8. The molecule has 4 aliphatic heterocycles. The molecule has 0 bridgehead atoms. The predicted molar refractivity (Wildman–Crippen MR) is 198 cm³/mol. The highest BCUT2D eigenvalue weighted by Gasteiger charge is 2.62. The number of hydrogen-bond acceptors (Lipinski definition) is 10. The third kappa shape index (κ3) is 7.64. The Labute approximate surface area is 318 Å². The highest BCUT2D eigenvalue weighted by molar-refractivity contribution is 9.10. The zero-order chi connectivity index (χ0) is 36.7. The highest BCUT2D eigenvalue weighted by atomic mass is 79.9. The lowest BCUT2D eigenvalue weighted by Crippen LogP contribution is -2.75. The Bertz CT molecular complexity index is 1820. The standard InChI is InChI=1S/C33H34Br2N6O8S2/c1-17(42)36-21-9-5-3-7-19(21)11-23(44)38-29-32(34,15-50-27-13-25(46)40(27)29)31(48)49-33(35)16-51-28-14-26(47)41(28)30(33)39-24(45)12-20-8-4-6-10-22(20)37-18(2)43/h3-10,27-30H,11-16H2,1-2H3,(H,36,42)(H,37,43)(H,38,44)(H,39,45)/t27-,28-,29?,30?,32?,33?/m1/s1. The number of benzene rings is 2. The number of fused-ring (bicyclic) bond motifs is 2. The molecule has 2 aromatic rings. The van der Waals surface area contributed by atoms with Gasteiger partial charge < -0.3 is 35.8 Å². The van der Waals surface area contributed by atoms with Crippen LogP contribution in [0.3, 0.4) is 0 Å². The van der Waals surface area contributed by atoms with Crippen LogP contribution in [0.2, 0.25) is 0 Å². The molecule has 0 saturated carbocycles. The van der Waals surface area contributed by atoms with E-state index >= 15 is 0 Å². The topological polar surface area (TPSA) is 183 Å². The maximum Gasteiger partial charge on any atom is 0.329 e. The molecule has 0 radical (unpaired) electrons. The summed E-state index contributed by atoms with van der Waals surface area (Å²) in [6.07, 6.45) is -2.02. The van der Waals surface area contributed by atoms with Crippen molar-refractivity contribution in [2.45, 2.75) is 71.4 Å². The van der Waals surface area contributed by atoms with Crippen molar-refractivity contribution in [2.75, 3.05) is 22.1 Å². The molecule has 14 nitrogen and oxygen atoms in total. The van der Waals surface area contributed by atoms with Gasteiger partial charge in [0.2, 0.25) is 40.0 Å². The first-order valence-electron chi connectivity index (χ1n) is 15.9. The Kier molecular flexibility index (Phi) is 10.8. The quantitative estimate of drug-likeness (QED) is 0.158. The molecule has 0 aliphatic carbocycles. The van der Waals surface area contributed by atoms with E-state index in [2.05, 4.69) is 53.1 Å². The van der Waals surface area contributed by atoms with E-state index in [-0.39, 0.29) is 71.6 Å². The van der Waals surface area contributed by atoms with Crippen molar-refractivity contribution >= 4 is 108 Å². The van der Waals surface area contributed by atoms with Crippen LogP contribution in [0, 0.1) is 0 Å². The molecule has 270 valence electrons. The lowest BCUT2D eigenvalue weighted by Gasteiger charge is -2.56. The lowest BCUT2D eigenvalue weighted by atomic mass is 10.0. The fourth-order valence-corrected chi connectivity index (χ4v) is 10.7. The zero-order valence-electron chi connectivity index (χ0n) is 27.4. The van der Waals surface area contributed by atoms with E-state index in [9.17, 15) is 33.6 Å². The van der Waals surface area contributed by atoms with Crippen LogP contribution in [0.25, 0.3) is 0 Å². The molecule has 4 unspecified atom stereocenters. The van der Waals surface area contributed by atoms with Gasteiger partial charge >= 0.3 is 5.97 Å². The fourth-order valence-electron chi connectivity index (χ4n) is 6.30. The molecular formula is C33H34Br2N6O8S2. The number of para-hydroxylation sites is 2. The number of carbonyl (C=O) groups is 7. The van der Waals surface area contributed by atoms with Crippen molar-refractivity contribution in [3.63, 3.8) is 0 Å². The summed E-state index contributed by atoms with van der Waals surface area (Å²) in [4.78, 5) is 93.5. The molecule has 2 aromatic carbocycles. The van der Waals surface area contributed by atoms with Crippen LogP contribution in [0.1, 0.15) is 37.8 Å². The van der Waals surface area contributed by atoms with E-state index in [1.807, 2.05) is 0 Å². The minimum absolute atomic E-state index is 0.131. The molecule has 6 rings (SSSR count). The number of β-lactam (4-membered cyclic amide) rings is 2. The third-order valence-electron chi connectivity index (χ3n) is 8.81. The smallest absolute Gasteiger partial charge is 0.329 e. The van der Waals surface area contributed by atoms with Crippen molar-refractivity contribution in [1.29, 1.82) is 0 Å².